The third-order valence-electron chi connectivity index (χ3n) is 5.25. The molecule has 28 heavy (non-hydrogen) atoms. The first-order valence-corrected chi connectivity index (χ1v) is 11.4. The number of nitrogens with one attached hydrogen (secondary N) is 1. The average molecular weight is 418 g/mol. The molecule has 0 unspecified atom stereocenters. The van der Waals surface area contributed by atoms with E-state index in [-0.39, 0.29) is 11.7 Å². The highest BCUT2D eigenvalue weighted by molar-refractivity contribution is 7.99. The van der Waals surface area contributed by atoms with Gasteiger partial charge in [-0.25, -0.2) is 0 Å². The van der Waals surface area contributed by atoms with Gasteiger partial charge in [-0.2, -0.15) is 5.26 Å². The van der Waals surface area contributed by atoms with E-state index in [1.165, 1.54) is 28.6 Å². The van der Waals surface area contributed by atoms with E-state index in [0.29, 0.717) is 24.3 Å². The molecule has 2 aromatic rings. The number of nitriles is 1. The molecule has 1 aliphatic carbocycles. The lowest BCUT2D eigenvalue weighted by molar-refractivity contribution is -0.118. The van der Waals surface area contributed by atoms with Crippen molar-refractivity contribution in [1.82, 2.24) is 20.1 Å². The lowest BCUT2D eigenvalue weighted by Crippen LogP contribution is -2.26. The molecule has 0 bridgehead atoms. The second-order valence-electron chi connectivity index (χ2n) is 8.28. The number of aromatic nitrogens is 3. The lowest BCUT2D eigenvalue weighted by atomic mass is 9.72. The fourth-order valence-corrected chi connectivity index (χ4v) is 5.44. The van der Waals surface area contributed by atoms with Gasteiger partial charge < -0.3 is 9.88 Å². The molecule has 0 saturated heterocycles. The van der Waals surface area contributed by atoms with Crippen LogP contribution in [0, 0.1) is 22.7 Å². The van der Waals surface area contributed by atoms with E-state index in [1.807, 2.05) is 29.0 Å². The number of thioether (sulfide) groups is 1. The summed E-state index contributed by atoms with van der Waals surface area (Å²) in [6, 6.07) is 4.29. The fraction of sp³-hybridized carbons (Fsp3) is 0.600. The zero-order valence-electron chi connectivity index (χ0n) is 16.9. The maximum Gasteiger partial charge on any atom is 0.230 e. The molecule has 8 heteroatoms. The van der Waals surface area contributed by atoms with E-state index in [0.717, 1.165) is 28.7 Å². The first-order chi connectivity index (χ1) is 13.3. The molecule has 0 aliphatic heterocycles. The second-order valence-corrected chi connectivity index (χ2v) is 10.4. The predicted octanol–water partition coefficient (Wildman–Crippen LogP) is 3.82. The van der Waals surface area contributed by atoms with Crippen molar-refractivity contribution in [3.8, 4) is 16.8 Å². The summed E-state index contributed by atoms with van der Waals surface area (Å²) in [4.78, 5) is 14.5. The first-order valence-electron chi connectivity index (χ1n) is 9.57. The third kappa shape index (κ3) is 4.76. The molecule has 1 amide bonds. The van der Waals surface area contributed by atoms with Crippen LogP contribution in [0.25, 0.3) is 10.7 Å². The lowest BCUT2D eigenvalue weighted by Gasteiger charge is -2.33. The number of fused-ring (bicyclic) bond motifs is 1. The Kier molecular flexibility index (Phi) is 6.46. The number of rotatable bonds is 6. The van der Waals surface area contributed by atoms with Gasteiger partial charge in [0.25, 0.3) is 0 Å². The van der Waals surface area contributed by atoms with Gasteiger partial charge in [0.15, 0.2) is 11.0 Å². The Bertz CT molecular complexity index is 888. The molecule has 0 spiro atoms. The molecule has 0 saturated carbocycles. The molecule has 0 aromatic carbocycles. The summed E-state index contributed by atoms with van der Waals surface area (Å²) >= 11 is 3.19. The molecule has 2 heterocycles. The molecule has 6 nitrogen and oxygen atoms in total. The first kappa shape index (κ1) is 20.9. The Balaban J connectivity index is 1.67. The van der Waals surface area contributed by atoms with Crippen LogP contribution in [-0.4, -0.2) is 33.0 Å². The number of nitrogens with zero attached hydrogens (tertiary/aromatic N) is 4. The van der Waals surface area contributed by atoms with Gasteiger partial charge in [0, 0.05) is 18.5 Å². The molecule has 1 aliphatic rings. The Morgan fingerprint density at radius 3 is 2.96 bits per heavy atom. The van der Waals surface area contributed by atoms with Gasteiger partial charge in [0.05, 0.1) is 23.1 Å². The van der Waals surface area contributed by atoms with Crippen molar-refractivity contribution in [2.45, 2.75) is 51.6 Å². The summed E-state index contributed by atoms with van der Waals surface area (Å²) in [6.07, 6.45) is 3.85. The van der Waals surface area contributed by atoms with Gasteiger partial charge >= 0.3 is 0 Å². The predicted molar refractivity (Wildman–Crippen MR) is 113 cm³/mol. The van der Waals surface area contributed by atoms with Crippen molar-refractivity contribution < 1.29 is 4.79 Å². The van der Waals surface area contributed by atoms with Gasteiger partial charge in [0.1, 0.15) is 0 Å². The summed E-state index contributed by atoms with van der Waals surface area (Å²) in [7, 11) is 1.95. The highest BCUT2D eigenvalue weighted by Crippen LogP contribution is 2.42. The number of carbonyl (C=O) groups is 1. The van der Waals surface area contributed by atoms with Crippen LogP contribution in [-0.2, 0) is 24.7 Å². The SMILES string of the molecule is Cn1c(SCC(=O)NCCC#N)nnc1-c1cc2c(s1)CC[C@H](C(C)(C)C)C2. The minimum absolute atomic E-state index is 0.0930. The quantitative estimate of drug-likeness (QED) is 0.571. The normalized spacial score (nSPS) is 16.5. The highest BCUT2D eigenvalue weighted by Gasteiger charge is 2.30. The summed E-state index contributed by atoms with van der Waals surface area (Å²) in [6.45, 7) is 7.38. The number of hydrogen-bond acceptors (Lipinski definition) is 6. The Morgan fingerprint density at radius 1 is 1.46 bits per heavy atom. The van der Waals surface area contributed by atoms with Crippen LogP contribution in [0.2, 0.25) is 0 Å². The van der Waals surface area contributed by atoms with E-state index < -0.39 is 0 Å². The monoisotopic (exact) mass is 417 g/mol. The summed E-state index contributed by atoms with van der Waals surface area (Å²) in [5.74, 6) is 1.75. The Morgan fingerprint density at radius 2 is 2.25 bits per heavy atom. The van der Waals surface area contributed by atoms with Gasteiger partial charge in [-0.15, -0.1) is 21.5 Å². The largest absolute Gasteiger partial charge is 0.354 e. The molecule has 0 radical (unpaired) electrons. The van der Waals surface area contributed by atoms with Gasteiger partial charge in [-0.05, 0) is 42.2 Å². The summed E-state index contributed by atoms with van der Waals surface area (Å²) in [5, 5.41) is 20.6. The topological polar surface area (TPSA) is 83.6 Å². The fourth-order valence-electron chi connectivity index (χ4n) is 3.47. The molecule has 150 valence electrons. The van der Waals surface area contributed by atoms with Crippen LogP contribution in [0.1, 0.15) is 44.1 Å². The molecule has 1 N–H and O–H groups in total. The smallest absolute Gasteiger partial charge is 0.230 e. The van der Waals surface area contributed by atoms with Crippen molar-refractivity contribution >= 4 is 29.0 Å². The van der Waals surface area contributed by atoms with Gasteiger partial charge in [0.2, 0.25) is 5.91 Å². The van der Waals surface area contributed by atoms with Crippen LogP contribution in [0.4, 0.5) is 0 Å². The summed E-state index contributed by atoms with van der Waals surface area (Å²) in [5.41, 5.74) is 1.79. The second kappa shape index (κ2) is 8.66. The minimum Gasteiger partial charge on any atom is -0.354 e. The van der Waals surface area contributed by atoms with Crippen LogP contribution in [0.15, 0.2) is 11.2 Å². The number of aryl methyl sites for hydroxylation is 1. The Hall–Kier alpha value is -1.85. The number of amides is 1. The molecular weight excluding hydrogens is 390 g/mol. The van der Waals surface area contributed by atoms with E-state index in [2.05, 4.69) is 42.4 Å². The van der Waals surface area contributed by atoms with E-state index in [1.54, 1.807) is 0 Å². The van der Waals surface area contributed by atoms with Crippen LogP contribution in [0.3, 0.4) is 0 Å². The standard InChI is InChI=1S/C20H27N5OS2/c1-20(2,3)14-6-7-15-13(10-14)11-16(28-15)18-23-24-19(25(18)4)27-12-17(26)22-9-5-8-21/h11,14H,5-7,9-10,12H2,1-4H3,(H,22,26)/t14-/m0/s1. The molecule has 2 aromatic heterocycles. The van der Waals surface area contributed by atoms with Gasteiger partial charge in [-0.3, -0.25) is 4.79 Å². The third-order valence-corrected chi connectivity index (χ3v) is 7.51. The molecule has 1 atom stereocenters. The number of carbonyl (C=O) groups excluding carboxylic acids is 1. The van der Waals surface area contributed by atoms with Crippen molar-refractivity contribution in [2.75, 3.05) is 12.3 Å². The zero-order valence-corrected chi connectivity index (χ0v) is 18.5. The van der Waals surface area contributed by atoms with Crippen LogP contribution < -0.4 is 5.32 Å². The van der Waals surface area contributed by atoms with Crippen molar-refractivity contribution in [2.24, 2.45) is 18.4 Å². The highest BCUT2D eigenvalue weighted by atomic mass is 32.2. The molecule has 0 fully saturated rings. The van der Waals surface area contributed by atoms with Crippen molar-refractivity contribution in [3.63, 3.8) is 0 Å². The van der Waals surface area contributed by atoms with E-state index in [9.17, 15) is 4.79 Å². The van der Waals surface area contributed by atoms with Crippen molar-refractivity contribution in [3.05, 3.63) is 16.5 Å². The zero-order chi connectivity index (χ0) is 20.3. The maximum atomic E-state index is 11.8. The minimum atomic E-state index is -0.0930. The van der Waals surface area contributed by atoms with Crippen molar-refractivity contribution in [1.29, 1.82) is 5.26 Å². The van der Waals surface area contributed by atoms with E-state index in [4.69, 9.17) is 5.26 Å². The molecule has 3 rings (SSSR count). The Labute approximate surface area is 174 Å². The van der Waals surface area contributed by atoms with Crippen LogP contribution in [0.5, 0.6) is 0 Å². The van der Waals surface area contributed by atoms with E-state index >= 15 is 0 Å². The summed E-state index contributed by atoms with van der Waals surface area (Å²) < 4.78 is 1.96. The maximum absolute atomic E-state index is 11.8. The molecular formula is C20H27N5OS2. The number of hydrogen-bond donors (Lipinski definition) is 1. The van der Waals surface area contributed by atoms with Gasteiger partial charge in [-0.1, -0.05) is 32.5 Å². The average Bonchev–Trinajstić information content (AvgIpc) is 3.21. The van der Waals surface area contributed by atoms with Crippen LogP contribution >= 0.6 is 23.1 Å². The number of thiophene rings is 1.